The van der Waals surface area contributed by atoms with Gasteiger partial charge < -0.3 is 9.73 Å². The number of carbonyl (C=O) groups is 1. The lowest BCUT2D eigenvalue weighted by molar-refractivity contribution is 0.0954. The van der Waals surface area contributed by atoms with Crippen LogP contribution in [0.25, 0.3) is 11.1 Å². The minimum atomic E-state index is -0.490. The molecule has 0 bridgehead atoms. The van der Waals surface area contributed by atoms with Crippen LogP contribution in [0.1, 0.15) is 29.6 Å². The third-order valence-corrected chi connectivity index (χ3v) is 3.61. The molecule has 0 spiro atoms. The van der Waals surface area contributed by atoms with Crippen molar-refractivity contribution in [3.63, 3.8) is 0 Å². The Labute approximate surface area is 110 Å². The summed E-state index contributed by atoms with van der Waals surface area (Å²) in [6.07, 6.45) is 2.79. The highest BCUT2D eigenvalue weighted by Gasteiger charge is 2.18. The molecule has 1 atom stereocenters. The lowest BCUT2D eigenvalue weighted by atomic mass is 9.92. The van der Waals surface area contributed by atoms with Crippen molar-refractivity contribution >= 4 is 16.9 Å². The number of nitrogens with one attached hydrogen (secondary N) is 2. The van der Waals surface area contributed by atoms with E-state index in [2.05, 4.69) is 10.3 Å². The van der Waals surface area contributed by atoms with Crippen LogP contribution in [0, 0.1) is 5.92 Å². The largest absolute Gasteiger partial charge is 0.417 e. The van der Waals surface area contributed by atoms with Crippen LogP contribution in [0.2, 0.25) is 0 Å². The number of fused-ring (bicyclic) bond motifs is 1. The monoisotopic (exact) mass is 260 g/mol. The third-order valence-electron chi connectivity index (χ3n) is 3.61. The van der Waals surface area contributed by atoms with Crippen molar-refractivity contribution < 1.29 is 9.21 Å². The van der Waals surface area contributed by atoms with E-state index in [1.165, 1.54) is 0 Å². The molecule has 1 saturated heterocycles. The second-order valence-electron chi connectivity index (χ2n) is 5.07. The number of rotatable bonds is 3. The number of hydrogen-bond acceptors (Lipinski definition) is 4. The Balaban J connectivity index is 1.78. The molecule has 5 heteroatoms. The fraction of sp³-hybridized carbons (Fsp3) is 0.429. The number of piperidine rings is 1. The van der Waals surface area contributed by atoms with Crippen LogP contribution in [0.15, 0.2) is 27.4 Å². The average Bonchev–Trinajstić information content (AvgIpc) is 2.78. The normalized spacial score (nSPS) is 19.7. The maximum atomic E-state index is 12.2. The molecule has 0 radical (unpaired) electrons. The number of aromatic nitrogens is 1. The Bertz CT molecular complexity index is 650. The molecule has 0 aliphatic carbocycles. The lowest BCUT2D eigenvalue weighted by Gasteiger charge is -2.21. The molecule has 1 unspecified atom stereocenters. The van der Waals surface area contributed by atoms with Gasteiger partial charge in [0, 0.05) is 12.0 Å². The molecule has 2 N–H and O–H groups in total. The predicted molar refractivity (Wildman–Crippen MR) is 71.4 cm³/mol. The number of benzene rings is 1. The molecule has 1 aromatic heterocycles. The summed E-state index contributed by atoms with van der Waals surface area (Å²) in [7, 11) is 0. The van der Waals surface area contributed by atoms with Gasteiger partial charge in [0.2, 0.25) is 0 Å². The number of H-pyrrole nitrogens is 1. The Morgan fingerprint density at radius 2 is 2.32 bits per heavy atom. The molecule has 1 fully saturated rings. The zero-order valence-electron chi connectivity index (χ0n) is 10.6. The molecule has 100 valence electrons. The molecule has 0 amide bonds. The van der Waals surface area contributed by atoms with Gasteiger partial charge in [-0.2, -0.15) is 0 Å². The molecule has 1 aromatic carbocycles. The van der Waals surface area contributed by atoms with Gasteiger partial charge in [0.1, 0.15) is 0 Å². The van der Waals surface area contributed by atoms with Crippen LogP contribution < -0.4 is 11.1 Å². The SMILES string of the molecule is O=C(CC1CCCNC1)c1ccc2oc(=O)[nH]c2c1. The highest BCUT2D eigenvalue weighted by Crippen LogP contribution is 2.19. The van der Waals surface area contributed by atoms with Crippen molar-refractivity contribution in [3.8, 4) is 0 Å². The highest BCUT2D eigenvalue weighted by molar-refractivity contribution is 5.98. The Morgan fingerprint density at radius 3 is 3.11 bits per heavy atom. The Hall–Kier alpha value is -1.88. The smallest absolute Gasteiger partial charge is 0.408 e. The average molecular weight is 260 g/mol. The summed E-state index contributed by atoms with van der Waals surface area (Å²) in [6, 6.07) is 5.08. The second-order valence-corrected chi connectivity index (χ2v) is 5.07. The van der Waals surface area contributed by atoms with Crippen molar-refractivity contribution in [2.45, 2.75) is 19.3 Å². The van der Waals surface area contributed by atoms with Crippen molar-refractivity contribution in [2.24, 2.45) is 5.92 Å². The topological polar surface area (TPSA) is 75.1 Å². The van der Waals surface area contributed by atoms with E-state index in [0.717, 1.165) is 25.9 Å². The molecule has 5 nitrogen and oxygen atoms in total. The first-order valence-electron chi connectivity index (χ1n) is 6.59. The first-order valence-corrected chi connectivity index (χ1v) is 6.59. The van der Waals surface area contributed by atoms with Gasteiger partial charge in [-0.25, -0.2) is 4.79 Å². The molecule has 19 heavy (non-hydrogen) atoms. The van der Waals surface area contributed by atoms with E-state index in [0.29, 0.717) is 29.0 Å². The maximum Gasteiger partial charge on any atom is 0.417 e. The van der Waals surface area contributed by atoms with Crippen LogP contribution >= 0.6 is 0 Å². The summed E-state index contributed by atoms with van der Waals surface area (Å²) in [5.74, 6) is 0.0501. The van der Waals surface area contributed by atoms with E-state index in [1.54, 1.807) is 18.2 Å². The predicted octanol–water partition coefficient (Wildman–Crippen LogP) is 1.69. The van der Waals surface area contributed by atoms with Crippen molar-refractivity contribution in [3.05, 3.63) is 34.3 Å². The fourth-order valence-corrected chi connectivity index (χ4v) is 2.60. The highest BCUT2D eigenvalue weighted by atomic mass is 16.4. The molecular formula is C14H16N2O3. The lowest BCUT2D eigenvalue weighted by Crippen LogP contribution is -2.31. The number of carbonyl (C=O) groups excluding carboxylic acids is 1. The van der Waals surface area contributed by atoms with Crippen LogP contribution in [-0.4, -0.2) is 23.9 Å². The molecule has 1 aliphatic rings. The van der Waals surface area contributed by atoms with Gasteiger partial charge in [-0.1, -0.05) is 0 Å². The molecule has 1 aliphatic heterocycles. The number of ketones is 1. The van der Waals surface area contributed by atoms with Gasteiger partial charge in [-0.15, -0.1) is 0 Å². The van der Waals surface area contributed by atoms with E-state index >= 15 is 0 Å². The third kappa shape index (κ3) is 2.61. The summed E-state index contributed by atoms with van der Waals surface area (Å²) in [5.41, 5.74) is 1.70. The second kappa shape index (κ2) is 5.01. The van der Waals surface area contributed by atoms with Gasteiger partial charge in [0.25, 0.3) is 0 Å². The van der Waals surface area contributed by atoms with Crippen LogP contribution in [0.3, 0.4) is 0 Å². The number of hydrogen-bond donors (Lipinski definition) is 2. The Morgan fingerprint density at radius 1 is 1.42 bits per heavy atom. The van der Waals surface area contributed by atoms with E-state index < -0.39 is 5.76 Å². The summed E-state index contributed by atoms with van der Waals surface area (Å²) < 4.78 is 4.92. The molecular weight excluding hydrogens is 244 g/mol. The quantitative estimate of drug-likeness (QED) is 0.823. The van der Waals surface area contributed by atoms with Gasteiger partial charge in [0.15, 0.2) is 11.4 Å². The zero-order valence-corrected chi connectivity index (χ0v) is 10.6. The number of Topliss-reactive ketones (excluding diaryl/α,β-unsaturated/α-hetero) is 1. The first-order chi connectivity index (χ1) is 9.22. The number of aromatic amines is 1. The van der Waals surface area contributed by atoms with Gasteiger partial charge in [-0.05, 0) is 50.0 Å². The van der Waals surface area contributed by atoms with E-state index in [1.807, 2.05) is 0 Å². The van der Waals surface area contributed by atoms with Crippen LogP contribution in [0.4, 0.5) is 0 Å². The first kappa shape index (κ1) is 12.2. The molecule has 2 aromatic rings. The van der Waals surface area contributed by atoms with Crippen LogP contribution in [0.5, 0.6) is 0 Å². The van der Waals surface area contributed by atoms with Gasteiger partial charge >= 0.3 is 5.76 Å². The van der Waals surface area contributed by atoms with Crippen molar-refractivity contribution in [1.29, 1.82) is 0 Å². The zero-order chi connectivity index (χ0) is 13.2. The van der Waals surface area contributed by atoms with Crippen molar-refractivity contribution in [1.82, 2.24) is 10.3 Å². The fourth-order valence-electron chi connectivity index (χ4n) is 2.60. The minimum Gasteiger partial charge on any atom is -0.408 e. The van der Waals surface area contributed by atoms with E-state index in [9.17, 15) is 9.59 Å². The van der Waals surface area contributed by atoms with E-state index in [4.69, 9.17) is 4.42 Å². The molecule has 2 heterocycles. The van der Waals surface area contributed by atoms with Crippen molar-refractivity contribution in [2.75, 3.05) is 13.1 Å². The van der Waals surface area contributed by atoms with Crippen LogP contribution in [-0.2, 0) is 0 Å². The van der Waals surface area contributed by atoms with Gasteiger partial charge in [0.05, 0.1) is 5.52 Å². The summed E-state index contributed by atoms with van der Waals surface area (Å²) in [5, 5.41) is 3.31. The van der Waals surface area contributed by atoms with Gasteiger partial charge in [-0.3, -0.25) is 9.78 Å². The minimum absolute atomic E-state index is 0.123. The maximum absolute atomic E-state index is 12.2. The van der Waals surface area contributed by atoms with E-state index in [-0.39, 0.29) is 5.78 Å². The summed E-state index contributed by atoms with van der Waals surface area (Å²) >= 11 is 0. The Kier molecular flexibility index (Phi) is 3.21. The summed E-state index contributed by atoms with van der Waals surface area (Å²) in [6.45, 7) is 1.96. The molecule has 3 rings (SSSR count). The standard InChI is InChI=1S/C14H16N2O3/c17-12(6-9-2-1-5-15-8-9)10-3-4-13-11(7-10)16-14(18)19-13/h3-4,7,9,15H,1-2,5-6,8H2,(H,16,18). The molecule has 0 saturated carbocycles. The number of oxazole rings is 1. The summed E-state index contributed by atoms with van der Waals surface area (Å²) in [4.78, 5) is 25.9.